The number of hydrogen-bond acceptors (Lipinski definition) is 4. The summed E-state index contributed by atoms with van der Waals surface area (Å²) in [6, 6.07) is 5.31. The maximum absolute atomic E-state index is 12.4. The Morgan fingerprint density at radius 1 is 1.23 bits per heavy atom. The average Bonchev–Trinajstić information content (AvgIpc) is 3.00. The summed E-state index contributed by atoms with van der Waals surface area (Å²) >= 11 is 6.17. The minimum atomic E-state index is -3.02. The predicted molar refractivity (Wildman–Crippen MR) is 103 cm³/mol. The SMILES string of the molecule is CN(C(=O)COc1ccc(Cl)cc1C1CCCCC1)[C@H]1CCS(=O)(=O)C1. The molecular formula is C19H26ClNO4S. The second-order valence-electron chi connectivity index (χ2n) is 7.37. The Morgan fingerprint density at radius 2 is 1.96 bits per heavy atom. The number of hydrogen-bond donors (Lipinski definition) is 0. The van der Waals surface area contributed by atoms with E-state index in [9.17, 15) is 13.2 Å². The first-order chi connectivity index (χ1) is 12.4. The van der Waals surface area contributed by atoms with Crippen molar-refractivity contribution in [2.45, 2.75) is 50.5 Å². The molecule has 1 atom stereocenters. The zero-order valence-electron chi connectivity index (χ0n) is 15.1. The van der Waals surface area contributed by atoms with Gasteiger partial charge < -0.3 is 9.64 Å². The Hall–Kier alpha value is -1.27. The zero-order valence-corrected chi connectivity index (χ0v) is 16.7. The number of amides is 1. The van der Waals surface area contributed by atoms with Crippen molar-refractivity contribution >= 4 is 27.3 Å². The molecule has 1 aliphatic heterocycles. The average molecular weight is 400 g/mol. The molecule has 0 N–H and O–H groups in total. The minimum Gasteiger partial charge on any atom is -0.483 e. The summed E-state index contributed by atoms with van der Waals surface area (Å²) < 4.78 is 29.1. The number of benzene rings is 1. The van der Waals surface area contributed by atoms with Crippen LogP contribution in [0.4, 0.5) is 0 Å². The number of likely N-dealkylation sites (N-methyl/N-ethyl adjacent to an activating group) is 1. The van der Waals surface area contributed by atoms with Gasteiger partial charge in [0, 0.05) is 18.1 Å². The highest BCUT2D eigenvalue weighted by Crippen LogP contribution is 2.38. The van der Waals surface area contributed by atoms with Crippen LogP contribution < -0.4 is 4.74 Å². The highest BCUT2D eigenvalue weighted by atomic mass is 35.5. The molecule has 26 heavy (non-hydrogen) atoms. The summed E-state index contributed by atoms with van der Waals surface area (Å²) in [5.41, 5.74) is 1.08. The van der Waals surface area contributed by atoms with Gasteiger partial charge in [0.05, 0.1) is 11.5 Å². The van der Waals surface area contributed by atoms with Crippen molar-refractivity contribution in [1.82, 2.24) is 4.90 Å². The van der Waals surface area contributed by atoms with Crippen LogP contribution in [-0.4, -0.2) is 50.4 Å². The second-order valence-corrected chi connectivity index (χ2v) is 10.0. The van der Waals surface area contributed by atoms with E-state index in [1.807, 2.05) is 12.1 Å². The molecule has 1 saturated heterocycles. The van der Waals surface area contributed by atoms with Gasteiger partial charge in [-0.1, -0.05) is 30.9 Å². The molecule has 0 spiro atoms. The van der Waals surface area contributed by atoms with E-state index in [0.29, 0.717) is 23.1 Å². The van der Waals surface area contributed by atoms with Gasteiger partial charge in [0.1, 0.15) is 5.75 Å². The van der Waals surface area contributed by atoms with E-state index >= 15 is 0 Å². The fourth-order valence-electron chi connectivity index (χ4n) is 3.91. The largest absolute Gasteiger partial charge is 0.483 e. The number of rotatable bonds is 5. The van der Waals surface area contributed by atoms with E-state index in [2.05, 4.69) is 0 Å². The maximum atomic E-state index is 12.4. The Labute approximate surface area is 160 Å². The number of nitrogens with zero attached hydrogens (tertiary/aromatic N) is 1. The van der Waals surface area contributed by atoms with Crippen molar-refractivity contribution < 1.29 is 17.9 Å². The highest BCUT2D eigenvalue weighted by Gasteiger charge is 2.33. The molecule has 2 fully saturated rings. The molecule has 144 valence electrons. The molecule has 1 saturated carbocycles. The van der Waals surface area contributed by atoms with Gasteiger partial charge in [-0.15, -0.1) is 0 Å². The lowest BCUT2D eigenvalue weighted by atomic mass is 9.84. The topological polar surface area (TPSA) is 63.7 Å². The standard InChI is InChI=1S/C19H26ClNO4S/c1-21(16-9-10-26(23,24)13-16)19(22)12-25-18-8-7-15(20)11-17(18)14-5-3-2-4-6-14/h7-8,11,14,16H,2-6,9-10,12-13H2,1H3/t16-/m0/s1. The lowest BCUT2D eigenvalue weighted by Crippen LogP contribution is -2.40. The van der Waals surface area contributed by atoms with Gasteiger partial charge in [-0.05, 0) is 48.9 Å². The molecule has 7 heteroatoms. The van der Waals surface area contributed by atoms with Gasteiger partial charge in [0.25, 0.3) is 5.91 Å². The molecule has 0 bridgehead atoms. The van der Waals surface area contributed by atoms with Gasteiger partial charge >= 0.3 is 0 Å². The number of carbonyl (C=O) groups is 1. The quantitative estimate of drug-likeness (QED) is 0.761. The van der Waals surface area contributed by atoms with E-state index in [4.69, 9.17) is 16.3 Å². The van der Waals surface area contributed by atoms with Crippen molar-refractivity contribution in [3.8, 4) is 5.75 Å². The summed E-state index contributed by atoms with van der Waals surface area (Å²) in [6.45, 7) is -0.0889. The molecule has 0 radical (unpaired) electrons. The molecule has 5 nitrogen and oxygen atoms in total. The summed E-state index contributed by atoms with van der Waals surface area (Å²) in [7, 11) is -1.36. The smallest absolute Gasteiger partial charge is 0.260 e. The monoisotopic (exact) mass is 399 g/mol. The van der Waals surface area contributed by atoms with Gasteiger partial charge in [0.15, 0.2) is 16.4 Å². The highest BCUT2D eigenvalue weighted by molar-refractivity contribution is 7.91. The Balaban J connectivity index is 1.64. The van der Waals surface area contributed by atoms with Crippen molar-refractivity contribution in [2.75, 3.05) is 25.2 Å². The van der Waals surface area contributed by atoms with Crippen LogP contribution in [0, 0.1) is 0 Å². The first-order valence-electron chi connectivity index (χ1n) is 9.24. The van der Waals surface area contributed by atoms with E-state index in [0.717, 1.165) is 18.4 Å². The van der Waals surface area contributed by atoms with Gasteiger partial charge in [0.2, 0.25) is 0 Å². The second kappa shape index (κ2) is 8.17. The molecule has 1 heterocycles. The van der Waals surface area contributed by atoms with Crippen LogP contribution in [0.1, 0.15) is 50.0 Å². The first-order valence-corrected chi connectivity index (χ1v) is 11.4. The third-order valence-electron chi connectivity index (χ3n) is 5.52. The molecule has 0 unspecified atom stereocenters. The Morgan fingerprint density at radius 3 is 2.62 bits per heavy atom. The Kier molecular flexibility index (Phi) is 6.13. The summed E-state index contributed by atoms with van der Waals surface area (Å²) in [5.74, 6) is 1.13. The predicted octanol–water partition coefficient (Wildman–Crippen LogP) is 3.41. The summed E-state index contributed by atoms with van der Waals surface area (Å²) in [6.07, 6.45) is 6.40. The third kappa shape index (κ3) is 4.71. The number of ether oxygens (including phenoxy) is 1. The molecule has 2 aliphatic rings. The van der Waals surface area contributed by atoms with Crippen LogP contribution in [0.25, 0.3) is 0 Å². The van der Waals surface area contributed by atoms with Crippen LogP contribution in [0.15, 0.2) is 18.2 Å². The van der Waals surface area contributed by atoms with Crippen LogP contribution in [0.5, 0.6) is 5.75 Å². The molecule has 1 amide bonds. The molecule has 3 rings (SSSR count). The zero-order chi connectivity index (χ0) is 18.7. The summed E-state index contributed by atoms with van der Waals surface area (Å²) in [5, 5.41) is 0.678. The van der Waals surface area contributed by atoms with Crippen LogP contribution in [-0.2, 0) is 14.6 Å². The number of sulfone groups is 1. The Bertz CT molecular complexity index is 759. The van der Waals surface area contributed by atoms with Crippen molar-refractivity contribution in [1.29, 1.82) is 0 Å². The van der Waals surface area contributed by atoms with Crippen molar-refractivity contribution in [2.24, 2.45) is 0 Å². The first kappa shape index (κ1) is 19.5. The van der Waals surface area contributed by atoms with E-state index in [1.54, 1.807) is 13.1 Å². The summed E-state index contributed by atoms with van der Waals surface area (Å²) in [4.78, 5) is 14.0. The molecule has 0 aromatic heterocycles. The van der Waals surface area contributed by atoms with Crippen LogP contribution in [0.2, 0.25) is 5.02 Å². The maximum Gasteiger partial charge on any atom is 0.260 e. The van der Waals surface area contributed by atoms with E-state index in [1.165, 1.54) is 24.2 Å². The lowest BCUT2D eigenvalue weighted by Gasteiger charge is -2.26. The van der Waals surface area contributed by atoms with E-state index in [-0.39, 0.29) is 30.1 Å². The van der Waals surface area contributed by atoms with Crippen LogP contribution in [0.3, 0.4) is 0 Å². The number of halogens is 1. The third-order valence-corrected chi connectivity index (χ3v) is 7.50. The van der Waals surface area contributed by atoms with E-state index < -0.39 is 9.84 Å². The molecule has 1 aromatic carbocycles. The lowest BCUT2D eigenvalue weighted by molar-refractivity contribution is -0.133. The number of carbonyl (C=O) groups excluding carboxylic acids is 1. The molecule has 1 aliphatic carbocycles. The minimum absolute atomic E-state index is 0.0451. The van der Waals surface area contributed by atoms with Gasteiger partial charge in [-0.3, -0.25) is 4.79 Å². The van der Waals surface area contributed by atoms with Gasteiger partial charge in [-0.25, -0.2) is 8.42 Å². The van der Waals surface area contributed by atoms with Crippen molar-refractivity contribution in [3.63, 3.8) is 0 Å². The fourth-order valence-corrected chi connectivity index (χ4v) is 5.86. The van der Waals surface area contributed by atoms with Gasteiger partial charge in [-0.2, -0.15) is 0 Å². The molecule has 1 aromatic rings. The molecular weight excluding hydrogens is 374 g/mol. The van der Waals surface area contributed by atoms with Crippen molar-refractivity contribution in [3.05, 3.63) is 28.8 Å². The fraction of sp³-hybridized carbons (Fsp3) is 0.632. The normalized spacial score (nSPS) is 22.9. The van der Waals surface area contributed by atoms with Crippen LogP contribution >= 0.6 is 11.6 Å².